The summed E-state index contributed by atoms with van der Waals surface area (Å²) in [5.74, 6) is 0. The molecule has 0 fully saturated rings. The fraction of sp³-hybridized carbons (Fsp3) is 0.958. The molecule has 25 heavy (non-hydrogen) atoms. The Morgan fingerprint density at radius 1 is 0.440 bits per heavy atom. The zero-order valence-corrected chi connectivity index (χ0v) is 18.0. The lowest BCUT2D eigenvalue weighted by Gasteiger charge is -2.22. The highest BCUT2D eigenvalue weighted by molar-refractivity contribution is 4.60. The van der Waals surface area contributed by atoms with Crippen molar-refractivity contribution in [1.82, 2.24) is 4.90 Å². The Kier molecular flexibility index (Phi) is 22.0. The third-order valence-corrected chi connectivity index (χ3v) is 5.38. The summed E-state index contributed by atoms with van der Waals surface area (Å²) < 4.78 is 0. The van der Waals surface area contributed by atoms with E-state index in [-0.39, 0.29) is 0 Å². The van der Waals surface area contributed by atoms with Gasteiger partial charge < -0.3 is 4.90 Å². The minimum Gasteiger partial charge on any atom is -0.303 e. The average molecular weight is 353 g/mol. The summed E-state index contributed by atoms with van der Waals surface area (Å²) in [5, 5.41) is 0. The molecule has 0 bridgehead atoms. The first-order valence-corrected chi connectivity index (χ1v) is 11.9. The van der Waals surface area contributed by atoms with Crippen molar-refractivity contribution in [1.29, 1.82) is 0 Å². The number of rotatable bonds is 21. The molecule has 0 N–H and O–H groups in total. The third kappa shape index (κ3) is 20.1. The average Bonchev–Trinajstić information content (AvgIpc) is 2.63. The molecule has 0 aromatic carbocycles. The first-order valence-electron chi connectivity index (χ1n) is 11.9. The minimum absolute atomic E-state index is 1.12. The summed E-state index contributed by atoms with van der Waals surface area (Å²) >= 11 is 0. The van der Waals surface area contributed by atoms with Crippen LogP contribution in [-0.2, 0) is 0 Å². The van der Waals surface area contributed by atoms with Gasteiger partial charge in [-0.1, -0.05) is 117 Å². The van der Waals surface area contributed by atoms with Crippen molar-refractivity contribution in [3.05, 3.63) is 6.92 Å². The molecule has 0 amide bonds. The highest BCUT2D eigenvalue weighted by Crippen LogP contribution is 2.12. The molecule has 1 radical (unpaired) electrons. The first kappa shape index (κ1) is 25.0. The molecule has 0 unspecified atom stereocenters. The number of nitrogens with zero attached hydrogens (tertiary/aromatic N) is 1. The van der Waals surface area contributed by atoms with E-state index < -0.39 is 0 Å². The Bertz CT molecular complexity index is 214. The van der Waals surface area contributed by atoms with E-state index in [1.807, 2.05) is 0 Å². The molecule has 0 spiro atoms. The van der Waals surface area contributed by atoms with Gasteiger partial charge in [-0.15, -0.1) is 0 Å². The van der Waals surface area contributed by atoms with Crippen molar-refractivity contribution in [3.8, 4) is 0 Å². The molecule has 0 saturated heterocycles. The van der Waals surface area contributed by atoms with Crippen LogP contribution in [0.4, 0.5) is 0 Å². The van der Waals surface area contributed by atoms with Gasteiger partial charge in [0.25, 0.3) is 0 Å². The zero-order valence-electron chi connectivity index (χ0n) is 18.0. The van der Waals surface area contributed by atoms with Crippen molar-refractivity contribution in [2.24, 2.45) is 0 Å². The second kappa shape index (κ2) is 22.0. The monoisotopic (exact) mass is 352 g/mol. The smallest absolute Gasteiger partial charge is 0.00187 e. The Morgan fingerprint density at radius 2 is 0.760 bits per heavy atom. The standard InChI is InChI=1S/C24H50N/c1-4-7-10-13-14-15-16-17-18-21-24-25(22-19-11-8-5-2)23-20-12-9-6-3/h1,4-24H2,2-3H3. The molecule has 0 aliphatic rings. The summed E-state index contributed by atoms with van der Waals surface area (Å²) in [6.07, 6.45) is 25.2. The fourth-order valence-corrected chi connectivity index (χ4v) is 3.61. The van der Waals surface area contributed by atoms with Crippen molar-refractivity contribution >= 4 is 0 Å². The highest BCUT2D eigenvalue weighted by atomic mass is 15.1. The Morgan fingerprint density at radius 3 is 1.12 bits per heavy atom. The van der Waals surface area contributed by atoms with Gasteiger partial charge in [0.15, 0.2) is 0 Å². The molecule has 1 heteroatoms. The summed E-state index contributed by atoms with van der Waals surface area (Å²) in [5.41, 5.74) is 0. The van der Waals surface area contributed by atoms with Gasteiger partial charge in [-0.2, -0.15) is 0 Å². The van der Waals surface area contributed by atoms with E-state index in [1.54, 1.807) is 0 Å². The van der Waals surface area contributed by atoms with E-state index in [2.05, 4.69) is 25.7 Å². The quantitative estimate of drug-likeness (QED) is 0.188. The maximum Gasteiger partial charge on any atom is -0.00187 e. The van der Waals surface area contributed by atoms with E-state index in [4.69, 9.17) is 0 Å². The van der Waals surface area contributed by atoms with Crippen LogP contribution in [0.2, 0.25) is 0 Å². The molecule has 0 heterocycles. The summed E-state index contributed by atoms with van der Waals surface area (Å²) in [7, 11) is 0. The lowest BCUT2D eigenvalue weighted by Crippen LogP contribution is -2.27. The predicted octanol–water partition coefficient (Wildman–Crippen LogP) is 8.18. The van der Waals surface area contributed by atoms with Crippen molar-refractivity contribution < 1.29 is 0 Å². The molecule has 0 saturated carbocycles. The molecule has 0 aromatic rings. The van der Waals surface area contributed by atoms with Gasteiger partial charge in [0, 0.05) is 0 Å². The van der Waals surface area contributed by atoms with E-state index in [9.17, 15) is 0 Å². The lowest BCUT2D eigenvalue weighted by molar-refractivity contribution is 0.254. The van der Waals surface area contributed by atoms with E-state index in [0.717, 1.165) is 6.42 Å². The van der Waals surface area contributed by atoms with Crippen LogP contribution in [0, 0.1) is 6.92 Å². The largest absolute Gasteiger partial charge is 0.303 e. The van der Waals surface area contributed by atoms with E-state index >= 15 is 0 Å². The molecule has 0 aliphatic heterocycles. The van der Waals surface area contributed by atoms with Gasteiger partial charge in [0.2, 0.25) is 0 Å². The summed E-state index contributed by atoms with van der Waals surface area (Å²) in [4.78, 5) is 2.77. The summed E-state index contributed by atoms with van der Waals surface area (Å²) in [6.45, 7) is 12.6. The van der Waals surface area contributed by atoms with Crippen LogP contribution in [-0.4, -0.2) is 24.5 Å². The maximum absolute atomic E-state index is 3.92. The van der Waals surface area contributed by atoms with Gasteiger partial charge in [-0.3, -0.25) is 0 Å². The normalized spacial score (nSPS) is 11.5. The maximum atomic E-state index is 3.92. The summed E-state index contributed by atoms with van der Waals surface area (Å²) in [6, 6.07) is 0. The SMILES string of the molecule is [CH2]CCCCCCCCCCCN(CCCCCC)CCCCCC. The van der Waals surface area contributed by atoms with Crippen molar-refractivity contribution in [2.75, 3.05) is 19.6 Å². The molecule has 0 rings (SSSR count). The molecule has 0 aromatic heterocycles. The van der Waals surface area contributed by atoms with Crippen LogP contribution in [0.15, 0.2) is 0 Å². The predicted molar refractivity (Wildman–Crippen MR) is 116 cm³/mol. The second-order valence-corrected chi connectivity index (χ2v) is 8.00. The first-order chi connectivity index (χ1) is 12.3. The Labute approximate surface area is 161 Å². The van der Waals surface area contributed by atoms with Gasteiger partial charge in [-0.25, -0.2) is 0 Å². The van der Waals surface area contributed by atoms with Gasteiger partial charge >= 0.3 is 0 Å². The molecular weight excluding hydrogens is 302 g/mol. The van der Waals surface area contributed by atoms with Crippen LogP contribution in [0.3, 0.4) is 0 Å². The van der Waals surface area contributed by atoms with Crippen molar-refractivity contribution in [3.63, 3.8) is 0 Å². The zero-order chi connectivity index (χ0) is 18.4. The molecule has 0 atom stereocenters. The number of unbranched alkanes of at least 4 members (excludes halogenated alkanes) is 15. The Balaban J connectivity index is 3.59. The van der Waals surface area contributed by atoms with Crippen LogP contribution in [0.1, 0.15) is 129 Å². The second-order valence-electron chi connectivity index (χ2n) is 8.00. The topological polar surface area (TPSA) is 3.24 Å². The molecule has 0 aliphatic carbocycles. The molecular formula is C24H50N. The van der Waals surface area contributed by atoms with Crippen LogP contribution >= 0.6 is 0 Å². The van der Waals surface area contributed by atoms with E-state index in [1.165, 1.54) is 129 Å². The van der Waals surface area contributed by atoms with Gasteiger partial charge in [0.05, 0.1) is 0 Å². The minimum atomic E-state index is 1.12. The van der Waals surface area contributed by atoms with Gasteiger partial charge in [-0.05, 0) is 38.9 Å². The van der Waals surface area contributed by atoms with Gasteiger partial charge in [0.1, 0.15) is 0 Å². The Hall–Kier alpha value is -0.0400. The van der Waals surface area contributed by atoms with Crippen LogP contribution in [0.5, 0.6) is 0 Å². The lowest BCUT2D eigenvalue weighted by atomic mass is 10.1. The van der Waals surface area contributed by atoms with E-state index in [0.29, 0.717) is 0 Å². The number of hydrogen-bond acceptors (Lipinski definition) is 1. The van der Waals surface area contributed by atoms with Crippen LogP contribution in [0.25, 0.3) is 0 Å². The number of hydrogen-bond donors (Lipinski definition) is 0. The molecule has 1 nitrogen and oxygen atoms in total. The third-order valence-electron chi connectivity index (χ3n) is 5.38. The molecule has 151 valence electrons. The fourth-order valence-electron chi connectivity index (χ4n) is 3.61. The van der Waals surface area contributed by atoms with Crippen molar-refractivity contribution in [2.45, 2.75) is 129 Å². The highest BCUT2D eigenvalue weighted by Gasteiger charge is 2.04. The van der Waals surface area contributed by atoms with Crippen LogP contribution < -0.4 is 0 Å².